The third-order valence-electron chi connectivity index (χ3n) is 4.22. The van der Waals surface area contributed by atoms with Crippen molar-refractivity contribution < 1.29 is 4.52 Å². The van der Waals surface area contributed by atoms with Gasteiger partial charge in [-0.3, -0.25) is 14.5 Å². The molecule has 0 saturated carbocycles. The second kappa shape index (κ2) is 6.97. The van der Waals surface area contributed by atoms with E-state index in [0.717, 1.165) is 57.4 Å². The maximum absolute atomic E-state index is 5.36. The monoisotopic (exact) mass is 305 g/mol. The van der Waals surface area contributed by atoms with Crippen molar-refractivity contribution in [2.24, 2.45) is 0 Å². The molecule has 22 heavy (non-hydrogen) atoms. The summed E-state index contributed by atoms with van der Waals surface area (Å²) >= 11 is 0. The summed E-state index contributed by atoms with van der Waals surface area (Å²) in [6.45, 7) is 10.2. The van der Waals surface area contributed by atoms with E-state index < -0.39 is 0 Å². The van der Waals surface area contributed by atoms with Crippen LogP contribution < -0.4 is 0 Å². The van der Waals surface area contributed by atoms with Crippen molar-refractivity contribution in [1.82, 2.24) is 34.7 Å². The van der Waals surface area contributed by atoms with Crippen LogP contribution in [-0.4, -0.2) is 67.4 Å². The first-order valence-electron chi connectivity index (χ1n) is 7.87. The number of nitrogens with zero attached hydrogens (tertiary/aromatic N) is 7. The number of aromatic nitrogens is 5. The summed E-state index contributed by atoms with van der Waals surface area (Å²) in [7, 11) is 0. The Bertz CT molecular complexity index is 560. The van der Waals surface area contributed by atoms with Crippen molar-refractivity contribution in [3.8, 4) is 0 Å². The van der Waals surface area contributed by atoms with Crippen LogP contribution in [-0.2, 0) is 13.0 Å². The molecular formula is C14H23N7O. The van der Waals surface area contributed by atoms with Crippen molar-refractivity contribution >= 4 is 0 Å². The van der Waals surface area contributed by atoms with Crippen molar-refractivity contribution in [1.29, 1.82) is 0 Å². The molecule has 0 aliphatic carbocycles. The third kappa shape index (κ3) is 3.50. The minimum atomic E-state index is 0.185. The van der Waals surface area contributed by atoms with Gasteiger partial charge in [0.2, 0.25) is 5.89 Å². The van der Waals surface area contributed by atoms with Gasteiger partial charge in [-0.15, -0.1) is 0 Å². The zero-order chi connectivity index (χ0) is 15.4. The van der Waals surface area contributed by atoms with Crippen LogP contribution in [0.2, 0.25) is 0 Å². The van der Waals surface area contributed by atoms with Gasteiger partial charge in [-0.25, -0.2) is 4.98 Å². The number of hydrogen-bond acceptors (Lipinski definition) is 7. The normalized spacial score (nSPS) is 18.6. The fourth-order valence-electron chi connectivity index (χ4n) is 2.70. The van der Waals surface area contributed by atoms with Crippen LogP contribution in [0.5, 0.6) is 0 Å². The van der Waals surface area contributed by atoms with E-state index in [2.05, 4.69) is 36.9 Å². The molecule has 0 N–H and O–H groups in total. The summed E-state index contributed by atoms with van der Waals surface area (Å²) in [6, 6.07) is 0.185. The molecule has 8 heteroatoms. The number of piperazine rings is 1. The molecule has 120 valence electrons. The van der Waals surface area contributed by atoms with E-state index in [4.69, 9.17) is 4.52 Å². The van der Waals surface area contributed by atoms with Crippen molar-refractivity contribution in [3.63, 3.8) is 0 Å². The van der Waals surface area contributed by atoms with Crippen LogP contribution in [0.1, 0.15) is 31.6 Å². The van der Waals surface area contributed by atoms with Gasteiger partial charge in [-0.05, 0) is 6.92 Å². The van der Waals surface area contributed by atoms with Crippen LogP contribution in [0, 0.1) is 0 Å². The quantitative estimate of drug-likeness (QED) is 0.773. The highest BCUT2D eigenvalue weighted by molar-refractivity contribution is 4.93. The number of rotatable bonds is 6. The molecule has 1 saturated heterocycles. The zero-order valence-electron chi connectivity index (χ0n) is 13.2. The summed E-state index contributed by atoms with van der Waals surface area (Å²) in [6.07, 6.45) is 4.15. The van der Waals surface area contributed by atoms with Gasteiger partial charge in [0.05, 0.1) is 12.6 Å². The van der Waals surface area contributed by atoms with Gasteiger partial charge in [0.25, 0.3) is 0 Å². The fourth-order valence-corrected chi connectivity index (χ4v) is 2.70. The molecule has 2 aromatic rings. The first-order chi connectivity index (χ1) is 10.8. The number of aryl methyl sites for hydroxylation is 1. The highest BCUT2D eigenvalue weighted by Gasteiger charge is 2.25. The van der Waals surface area contributed by atoms with Crippen LogP contribution >= 0.6 is 0 Å². The SMILES string of the molecule is CCc1noc([C@@H](C)N2CCN(CCn3cncn3)CC2)n1. The van der Waals surface area contributed by atoms with Crippen molar-refractivity contribution in [2.75, 3.05) is 32.7 Å². The Kier molecular flexibility index (Phi) is 4.79. The average molecular weight is 305 g/mol. The topological polar surface area (TPSA) is 76.1 Å². The third-order valence-corrected chi connectivity index (χ3v) is 4.22. The van der Waals surface area contributed by atoms with Crippen molar-refractivity contribution in [3.05, 3.63) is 24.4 Å². The molecule has 8 nitrogen and oxygen atoms in total. The molecule has 1 aliphatic heterocycles. The predicted molar refractivity (Wildman–Crippen MR) is 80.1 cm³/mol. The fraction of sp³-hybridized carbons (Fsp3) is 0.714. The molecule has 1 aliphatic rings. The number of hydrogen-bond donors (Lipinski definition) is 0. The van der Waals surface area contributed by atoms with E-state index in [1.54, 1.807) is 12.7 Å². The lowest BCUT2D eigenvalue weighted by Gasteiger charge is -2.36. The molecule has 0 amide bonds. The van der Waals surface area contributed by atoms with Gasteiger partial charge in [-0.1, -0.05) is 12.1 Å². The van der Waals surface area contributed by atoms with E-state index in [9.17, 15) is 0 Å². The molecule has 2 aromatic heterocycles. The standard InChI is InChI=1S/C14H23N7O/c1-3-13-17-14(22-18-13)12(2)20-7-4-19(5-8-20)6-9-21-11-15-10-16-21/h10-12H,3-9H2,1-2H3/t12-/m1/s1. The van der Waals surface area contributed by atoms with E-state index in [-0.39, 0.29) is 6.04 Å². The molecule has 0 spiro atoms. The maximum atomic E-state index is 5.36. The maximum Gasteiger partial charge on any atom is 0.243 e. The first-order valence-corrected chi connectivity index (χ1v) is 7.87. The van der Waals surface area contributed by atoms with Gasteiger partial charge >= 0.3 is 0 Å². The first kappa shape index (κ1) is 15.1. The van der Waals surface area contributed by atoms with Gasteiger partial charge in [0.1, 0.15) is 12.7 Å². The molecule has 3 heterocycles. The van der Waals surface area contributed by atoms with Crippen LogP contribution in [0.3, 0.4) is 0 Å². The highest BCUT2D eigenvalue weighted by atomic mass is 16.5. The minimum Gasteiger partial charge on any atom is -0.338 e. The summed E-state index contributed by atoms with van der Waals surface area (Å²) < 4.78 is 7.23. The summed E-state index contributed by atoms with van der Waals surface area (Å²) in [4.78, 5) is 13.3. The van der Waals surface area contributed by atoms with Crippen LogP contribution in [0.4, 0.5) is 0 Å². The van der Waals surface area contributed by atoms with Crippen molar-refractivity contribution in [2.45, 2.75) is 32.9 Å². The Balaban J connectivity index is 1.46. The highest BCUT2D eigenvalue weighted by Crippen LogP contribution is 2.20. The van der Waals surface area contributed by atoms with E-state index >= 15 is 0 Å². The molecule has 0 bridgehead atoms. The molecule has 0 unspecified atom stereocenters. The molecule has 1 atom stereocenters. The molecular weight excluding hydrogens is 282 g/mol. The summed E-state index contributed by atoms with van der Waals surface area (Å²) in [5.41, 5.74) is 0. The summed E-state index contributed by atoms with van der Waals surface area (Å²) in [5, 5.41) is 8.12. The van der Waals surface area contributed by atoms with E-state index in [0.29, 0.717) is 0 Å². The van der Waals surface area contributed by atoms with E-state index in [1.165, 1.54) is 0 Å². The van der Waals surface area contributed by atoms with E-state index in [1.807, 2.05) is 11.6 Å². The second-order valence-electron chi connectivity index (χ2n) is 5.61. The largest absolute Gasteiger partial charge is 0.338 e. The lowest BCUT2D eigenvalue weighted by molar-refractivity contribution is 0.0858. The molecule has 0 aromatic carbocycles. The second-order valence-corrected chi connectivity index (χ2v) is 5.61. The Morgan fingerprint density at radius 3 is 2.68 bits per heavy atom. The van der Waals surface area contributed by atoms with Crippen LogP contribution in [0.15, 0.2) is 17.2 Å². The Hall–Kier alpha value is -1.80. The molecule has 1 fully saturated rings. The zero-order valence-corrected chi connectivity index (χ0v) is 13.2. The Morgan fingerprint density at radius 1 is 1.23 bits per heavy atom. The molecule has 3 rings (SSSR count). The lowest BCUT2D eigenvalue weighted by atomic mass is 10.2. The smallest absolute Gasteiger partial charge is 0.243 e. The predicted octanol–water partition coefficient (Wildman–Crippen LogP) is 0.602. The van der Waals surface area contributed by atoms with Gasteiger partial charge < -0.3 is 4.52 Å². The lowest BCUT2D eigenvalue weighted by Crippen LogP contribution is -2.47. The Morgan fingerprint density at radius 2 is 2.05 bits per heavy atom. The van der Waals surface area contributed by atoms with Crippen LogP contribution in [0.25, 0.3) is 0 Å². The van der Waals surface area contributed by atoms with Gasteiger partial charge in [-0.2, -0.15) is 10.1 Å². The Labute approximate surface area is 130 Å². The van der Waals surface area contributed by atoms with Gasteiger partial charge in [0, 0.05) is 39.1 Å². The molecule has 0 radical (unpaired) electrons. The summed E-state index contributed by atoms with van der Waals surface area (Å²) in [5.74, 6) is 1.52. The van der Waals surface area contributed by atoms with Gasteiger partial charge in [0.15, 0.2) is 5.82 Å². The average Bonchev–Trinajstić information content (AvgIpc) is 3.24. The minimum absolute atomic E-state index is 0.185.